The molecule has 0 saturated heterocycles. The fraction of sp³-hybridized carbons (Fsp3) is 0.667. The van der Waals surface area contributed by atoms with Gasteiger partial charge in [-0.25, -0.2) is 0 Å². The number of nitrogens with zero attached hydrogens (tertiary/aromatic N) is 2. The Hall–Kier alpha value is -0.610. The van der Waals surface area contributed by atoms with Crippen LogP contribution in [0.2, 0.25) is 0 Å². The molecule has 0 bridgehead atoms. The number of thioether (sulfide) groups is 1. The molecule has 1 aliphatic carbocycles. The van der Waals surface area contributed by atoms with Gasteiger partial charge in [0.05, 0.1) is 0 Å². The maximum Gasteiger partial charge on any atom is 0.124 e. The molecular formula is C12H19N3S. The summed E-state index contributed by atoms with van der Waals surface area (Å²) in [6.45, 7) is 2.90. The summed E-state index contributed by atoms with van der Waals surface area (Å²) in [5, 5.41) is 9.88. The minimum absolute atomic E-state index is 0.556. The molecule has 0 amide bonds. The topological polar surface area (TPSA) is 51.8 Å². The first-order valence-corrected chi connectivity index (χ1v) is 6.85. The highest BCUT2D eigenvalue weighted by atomic mass is 32.2. The number of nitrogens with two attached hydrogens (primary N) is 1. The van der Waals surface area contributed by atoms with Crippen molar-refractivity contribution in [3.05, 3.63) is 17.8 Å². The molecule has 3 nitrogen and oxygen atoms in total. The zero-order valence-electron chi connectivity index (χ0n) is 9.72. The van der Waals surface area contributed by atoms with Crippen LogP contribution in [0.4, 0.5) is 0 Å². The van der Waals surface area contributed by atoms with E-state index in [9.17, 15) is 0 Å². The third kappa shape index (κ3) is 2.95. The molecule has 88 valence electrons. The van der Waals surface area contributed by atoms with Crippen LogP contribution in [0.5, 0.6) is 0 Å². The molecule has 1 saturated carbocycles. The van der Waals surface area contributed by atoms with Gasteiger partial charge in [-0.1, -0.05) is 19.8 Å². The molecule has 2 rings (SSSR count). The van der Waals surface area contributed by atoms with Crippen molar-refractivity contribution in [3.63, 3.8) is 0 Å². The van der Waals surface area contributed by atoms with Crippen molar-refractivity contribution in [2.75, 3.05) is 0 Å². The third-order valence-corrected chi connectivity index (χ3v) is 4.48. The quantitative estimate of drug-likeness (QED) is 0.878. The van der Waals surface area contributed by atoms with Gasteiger partial charge in [0.25, 0.3) is 0 Å². The van der Waals surface area contributed by atoms with Crippen molar-refractivity contribution in [1.29, 1.82) is 0 Å². The SMILES string of the molecule is CC1CCCC(Sc2nnccc2CN)C1. The van der Waals surface area contributed by atoms with Crippen LogP contribution in [0.15, 0.2) is 17.3 Å². The van der Waals surface area contributed by atoms with Crippen molar-refractivity contribution >= 4 is 11.8 Å². The average molecular weight is 237 g/mol. The van der Waals surface area contributed by atoms with Gasteiger partial charge in [-0.15, -0.1) is 16.9 Å². The van der Waals surface area contributed by atoms with Gasteiger partial charge in [0.15, 0.2) is 0 Å². The molecule has 2 N–H and O–H groups in total. The Morgan fingerprint density at radius 2 is 2.38 bits per heavy atom. The Morgan fingerprint density at radius 1 is 1.50 bits per heavy atom. The fourth-order valence-corrected chi connectivity index (χ4v) is 3.66. The standard InChI is InChI=1S/C12H19N3S/c1-9-3-2-4-11(7-9)16-12-10(8-13)5-6-14-15-12/h5-6,9,11H,2-4,7-8,13H2,1H3. The van der Waals surface area contributed by atoms with Crippen LogP contribution in [0.3, 0.4) is 0 Å². The van der Waals surface area contributed by atoms with Crippen LogP contribution in [-0.4, -0.2) is 15.4 Å². The Bertz CT molecular complexity index is 343. The first-order chi connectivity index (χ1) is 7.79. The Labute approximate surface area is 101 Å². The van der Waals surface area contributed by atoms with Gasteiger partial charge < -0.3 is 5.73 Å². The van der Waals surface area contributed by atoms with Crippen molar-refractivity contribution in [2.24, 2.45) is 11.7 Å². The van der Waals surface area contributed by atoms with Gasteiger partial charge in [0, 0.05) is 23.6 Å². The van der Waals surface area contributed by atoms with Crippen molar-refractivity contribution in [1.82, 2.24) is 10.2 Å². The van der Waals surface area contributed by atoms with Gasteiger partial charge in [0.1, 0.15) is 5.03 Å². The number of hydrogen-bond acceptors (Lipinski definition) is 4. The van der Waals surface area contributed by atoms with Crippen molar-refractivity contribution in [3.8, 4) is 0 Å². The largest absolute Gasteiger partial charge is 0.326 e. The number of rotatable bonds is 3. The van der Waals surface area contributed by atoms with Crippen LogP contribution in [0, 0.1) is 5.92 Å². The normalized spacial score (nSPS) is 25.6. The van der Waals surface area contributed by atoms with Gasteiger partial charge in [-0.2, -0.15) is 5.10 Å². The second-order valence-corrected chi connectivity index (χ2v) is 5.87. The molecule has 1 aromatic rings. The summed E-state index contributed by atoms with van der Waals surface area (Å²) in [7, 11) is 0. The van der Waals surface area contributed by atoms with Crippen LogP contribution in [0.1, 0.15) is 38.2 Å². The highest BCUT2D eigenvalue weighted by Crippen LogP contribution is 2.36. The summed E-state index contributed by atoms with van der Waals surface area (Å²) in [6, 6.07) is 1.97. The van der Waals surface area contributed by atoms with E-state index < -0.39 is 0 Å². The molecule has 0 spiro atoms. The molecule has 4 heteroatoms. The van der Waals surface area contributed by atoms with Crippen LogP contribution in [0.25, 0.3) is 0 Å². The van der Waals surface area contributed by atoms with E-state index in [0.29, 0.717) is 11.8 Å². The second kappa shape index (κ2) is 5.64. The Morgan fingerprint density at radius 3 is 3.12 bits per heavy atom. The molecule has 0 aliphatic heterocycles. The monoisotopic (exact) mass is 237 g/mol. The molecule has 0 aromatic carbocycles. The highest BCUT2D eigenvalue weighted by Gasteiger charge is 2.21. The van der Waals surface area contributed by atoms with Gasteiger partial charge in [-0.3, -0.25) is 0 Å². The van der Waals surface area contributed by atoms with Crippen molar-refractivity contribution < 1.29 is 0 Å². The minimum atomic E-state index is 0.556. The molecule has 16 heavy (non-hydrogen) atoms. The van der Waals surface area contributed by atoms with Gasteiger partial charge in [-0.05, 0) is 24.8 Å². The van der Waals surface area contributed by atoms with E-state index in [4.69, 9.17) is 5.73 Å². The molecule has 2 atom stereocenters. The second-order valence-electron chi connectivity index (χ2n) is 4.58. The minimum Gasteiger partial charge on any atom is -0.326 e. The fourth-order valence-electron chi connectivity index (χ4n) is 2.24. The van der Waals surface area contributed by atoms with Crippen LogP contribution >= 0.6 is 11.8 Å². The number of aromatic nitrogens is 2. The Kier molecular flexibility index (Phi) is 4.18. The van der Waals surface area contributed by atoms with E-state index in [2.05, 4.69) is 17.1 Å². The predicted molar refractivity (Wildman–Crippen MR) is 67.2 cm³/mol. The molecular weight excluding hydrogens is 218 g/mol. The summed E-state index contributed by atoms with van der Waals surface area (Å²) < 4.78 is 0. The first kappa shape index (κ1) is 11.9. The van der Waals surface area contributed by atoms with E-state index >= 15 is 0 Å². The van der Waals surface area contributed by atoms with E-state index in [0.717, 1.165) is 16.5 Å². The van der Waals surface area contributed by atoms with Gasteiger partial charge in [0.2, 0.25) is 0 Å². The predicted octanol–water partition coefficient (Wildman–Crippen LogP) is 2.61. The maximum atomic E-state index is 5.70. The highest BCUT2D eigenvalue weighted by molar-refractivity contribution is 7.99. The zero-order chi connectivity index (χ0) is 11.4. The molecule has 0 radical (unpaired) electrons. The van der Waals surface area contributed by atoms with E-state index in [1.807, 2.05) is 17.8 Å². The number of hydrogen-bond donors (Lipinski definition) is 1. The molecule has 1 heterocycles. The first-order valence-electron chi connectivity index (χ1n) is 5.97. The summed E-state index contributed by atoms with van der Waals surface area (Å²) in [6.07, 6.45) is 7.04. The zero-order valence-corrected chi connectivity index (χ0v) is 10.5. The lowest BCUT2D eigenvalue weighted by atomic mass is 9.91. The summed E-state index contributed by atoms with van der Waals surface area (Å²) in [5.74, 6) is 0.851. The maximum absolute atomic E-state index is 5.70. The van der Waals surface area contributed by atoms with E-state index in [-0.39, 0.29) is 0 Å². The lowest BCUT2D eigenvalue weighted by molar-refractivity contribution is 0.394. The van der Waals surface area contributed by atoms with Crippen molar-refractivity contribution in [2.45, 2.75) is 49.4 Å². The molecule has 1 aliphatic rings. The van der Waals surface area contributed by atoms with E-state index in [1.165, 1.54) is 25.7 Å². The van der Waals surface area contributed by atoms with Crippen LogP contribution in [-0.2, 0) is 6.54 Å². The Balaban J connectivity index is 2.02. The lowest BCUT2D eigenvalue weighted by Crippen LogP contribution is -2.15. The smallest absolute Gasteiger partial charge is 0.124 e. The third-order valence-electron chi connectivity index (χ3n) is 3.15. The van der Waals surface area contributed by atoms with Crippen LogP contribution < -0.4 is 5.73 Å². The summed E-state index contributed by atoms with van der Waals surface area (Å²) >= 11 is 1.87. The molecule has 1 fully saturated rings. The molecule has 1 aromatic heterocycles. The molecule has 2 unspecified atom stereocenters. The van der Waals surface area contributed by atoms with Gasteiger partial charge >= 0.3 is 0 Å². The summed E-state index contributed by atoms with van der Waals surface area (Å²) in [4.78, 5) is 0. The van der Waals surface area contributed by atoms with E-state index in [1.54, 1.807) is 6.20 Å². The lowest BCUT2D eigenvalue weighted by Gasteiger charge is -2.26. The average Bonchev–Trinajstić information content (AvgIpc) is 2.30. The summed E-state index contributed by atoms with van der Waals surface area (Å²) in [5.41, 5.74) is 6.83.